The first kappa shape index (κ1) is 12.3. The Labute approximate surface area is 110 Å². The minimum atomic E-state index is -0.578. The van der Waals surface area contributed by atoms with E-state index in [9.17, 15) is 13.9 Å². The molecular weight excluding hydrogens is 246 g/mol. The predicted octanol–water partition coefficient (Wildman–Crippen LogP) is 4.00. The quantitative estimate of drug-likeness (QED) is 0.821. The van der Waals surface area contributed by atoms with Gasteiger partial charge in [-0.2, -0.15) is 0 Å². The summed E-state index contributed by atoms with van der Waals surface area (Å²) in [5, 5.41) is 9.99. The summed E-state index contributed by atoms with van der Waals surface area (Å²) in [7, 11) is 0. The summed E-state index contributed by atoms with van der Waals surface area (Å²) in [6.45, 7) is 0. The first-order valence-electron chi connectivity index (χ1n) is 6.42. The van der Waals surface area contributed by atoms with Crippen LogP contribution in [0.5, 0.6) is 0 Å². The van der Waals surface area contributed by atoms with Crippen molar-refractivity contribution in [3.05, 3.63) is 59.2 Å². The third kappa shape index (κ3) is 2.15. The number of hydrogen-bond acceptors (Lipinski definition) is 1. The van der Waals surface area contributed by atoms with Gasteiger partial charge in [0, 0.05) is 11.6 Å². The van der Waals surface area contributed by atoms with Gasteiger partial charge in [0.15, 0.2) is 0 Å². The van der Waals surface area contributed by atoms with E-state index in [1.165, 1.54) is 12.1 Å². The third-order valence-corrected chi connectivity index (χ3v) is 3.70. The molecule has 19 heavy (non-hydrogen) atoms. The lowest BCUT2D eigenvalue weighted by Crippen LogP contribution is -2.10. The summed E-state index contributed by atoms with van der Waals surface area (Å²) >= 11 is 0. The molecule has 0 radical (unpaired) electrons. The zero-order valence-electron chi connectivity index (χ0n) is 10.4. The van der Waals surface area contributed by atoms with Gasteiger partial charge in [0.05, 0.1) is 6.10 Å². The number of aliphatic hydroxyl groups is 1. The molecule has 1 N–H and O–H groups in total. The number of aliphatic hydroxyl groups excluding tert-OH is 1. The second kappa shape index (κ2) is 4.74. The van der Waals surface area contributed by atoms with Crippen molar-refractivity contribution in [1.82, 2.24) is 0 Å². The Balaban J connectivity index is 2.18. The molecule has 3 rings (SSSR count). The van der Waals surface area contributed by atoms with Gasteiger partial charge < -0.3 is 5.11 Å². The highest BCUT2D eigenvalue weighted by molar-refractivity contribution is 5.70. The molecule has 3 heteroatoms. The highest BCUT2D eigenvalue weighted by atomic mass is 19.1. The molecule has 1 unspecified atom stereocenters. The molecule has 0 saturated carbocycles. The van der Waals surface area contributed by atoms with E-state index in [0.29, 0.717) is 5.56 Å². The predicted molar refractivity (Wildman–Crippen MR) is 69.7 cm³/mol. The van der Waals surface area contributed by atoms with Gasteiger partial charge in [0.1, 0.15) is 11.6 Å². The van der Waals surface area contributed by atoms with Crippen LogP contribution in [0.3, 0.4) is 0 Å². The average Bonchev–Trinajstić information content (AvgIpc) is 2.39. The fourth-order valence-electron chi connectivity index (χ4n) is 2.78. The molecule has 1 atom stereocenters. The number of halogens is 2. The Kier molecular flexibility index (Phi) is 3.07. The normalized spacial score (nSPS) is 18.2. The maximum atomic E-state index is 13.9. The van der Waals surface area contributed by atoms with Gasteiger partial charge in [-0.25, -0.2) is 8.78 Å². The molecule has 0 bridgehead atoms. The van der Waals surface area contributed by atoms with Crippen LogP contribution in [-0.2, 0) is 6.42 Å². The van der Waals surface area contributed by atoms with Crippen molar-refractivity contribution in [3.63, 3.8) is 0 Å². The third-order valence-electron chi connectivity index (χ3n) is 3.70. The molecule has 2 aromatic carbocycles. The standard InChI is InChI=1S/C16H14F2O/c17-10-7-8-13(15(18)9-10)11-3-1-5-14-12(11)4-2-6-16(14)19/h1,3,5,7-9,16,19H,2,4,6H2. The van der Waals surface area contributed by atoms with E-state index in [4.69, 9.17) is 0 Å². The topological polar surface area (TPSA) is 20.2 Å². The van der Waals surface area contributed by atoms with Crippen molar-refractivity contribution in [1.29, 1.82) is 0 Å². The lowest BCUT2D eigenvalue weighted by Gasteiger charge is -2.24. The van der Waals surface area contributed by atoms with Crippen LogP contribution < -0.4 is 0 Å². The Bertz CT molecular complexity index is 622. The second-order valence-electron chi connectivity index (χ2n) is 4.91. The van der Waals surface area contributed by atoms with Crippen LogP contribution in [0.1, 0.15) is 30.1 Å². The number of rotatable bonds is 1. The van der Waals surface area contributed by atoms with Crippen LogP contribution in [0, 0.1) is 11.6 Å². The van der Waals surface area contributed by atoms with Crippen molar-refractivity contribution in [2.45, 2.75) is 25.4 Å². The molecule has 0 saturated heterocycles. The van der Waals surface area contributed by atoms with E-state index in [0.717, 1.165) is 42.0 Å². The van der Waals surface area contributed by atoms with Crippen molar-refractivity contribution in [2.24, 2.45) is 0 Å². The molecule has 98 valence electrons. The van der Waals surface area contributed by atoms with Crippen LogP contribution in [0.2, 0.25) is 0 Å². The Morgan fingerprint density at radius 3 is 2.68 bits per heavy atom. The molecule has 2 aromatic rings. The van der Waals surface area contributed by atoms with Crippen LogP contribution in [-0.4, -0.2) is 5.11 Å². The Hall–Kier alpha value is -1.74. The first-order valence-corrected chi connectivity index (χ1v) is 6.42. The van der Waals surface area contributed by atoms with Crippen molar-refractivity contribution in [2.75, 3.05) is 0 Å². The number of fused-ring (bicyclic) bond motifs is 1. The van der Waals surface area contributed by atoms with Gasteiger partial charge in [-0.05, 0) is 48.1 Å². The molecular formula is C16H14F2O. The molecule has 1 nitrogen and oxygen atoms in total. The fraction of sp³-hybridized carbons (Fsp3) is 0.250. The van der Waals surface area contributed by atoms with Crippen LogP contribution in [0.4, 0.5) is 8.78 Å². The van der Waals surface area contributed by atoms with E-state index in [1.807, 2.05) is 18.2 Å². The molecule has 0 aromatic heterocycles. The van der Waals surface area contributed by atoms with Gasteiger partial charge in [-0.1, -0.05) is 18.2 Å². The zero-order valence-corrected chi connectivity index (χ0v) is 10.4. The van der Waals surface area contributed by atoms with E-state index >= 15 is 0 Å². The molecule has 0 amide bonds. The molecule has 0 heterocycles. The lowest BCUT2D eigenvalue weighted by molar-refractivity contribution is 0.156. The molecule has 1 aliphatic rings. The van der Waals surface area contributed by atoms with E-state index in [1.54, 1.807) is 0 Å². The molecule has 0 fully saturated rings. The minimum Gasteiger partial charge on any atom is -0.388 e. The largest absolute Gasteiger partial charge is 0.388 e. The zero-order chi connectivity index (χ0) is 13.4. The van der Waals surface area contributed by atoms with Gasteiger partial charge in [-0.15, -0.1) is 0 Å². The highest BCUT2D eigenvalue weighted by Crippen LogP contribution is 2.36. The van der Waals surface area contributed by atoms with Gasteiger partial charge in [0.2, 0.25) is 0 Å². The van der Waals surface area contributed by atoms with Crippen LogP contribution >= 0.6 is 0 Å². The maximum absolute atomic E-state index is 13.9. The van der Waals surface area contributed by atoms with Crippen LogP contribution in [0.15, 0.2) is 36.4 Å². The smallest absolute Gasteiger partial charge is 0.133 e. The van der Waals surface area contributed by atoms with Crippen molar-refractivity contribution in [3.8, 4) is 11.1 Å². The summed E-state index contributed by atoms with van der Waals surface area (Å²) in [4.78, 5) is 0. The van der Waals surface area contributed by atoms with Crippen molar-refractivity contribution >= 4 is 0 Å². The second-order valence-corrected chi connectivity index (χ2v) is 4.91. The van der Waals surface area contributed by atoms with Gasteiger partial charge in [-0.3, -0.25) is 0 Å². The Morgan fingerprint density at radius 2 is 1.89 bits per heavy atom. The van der Waals surface area contributed by atoms with E-state index in [-0.39, 0.29) is 0 Å². The lowest BCUT2D eigenvalue weighted by atomic mass is 9.84. The van der Waals surface area contributed by atoms with E-state index < -0.39 is 17.7 Å². The van der Waals surface area contributed by atoms with Crippen molar-refractivity contribution < 1.29 is 13.9 Å². The molecule has 0 aliphatic heterocycles. The SMILES string of the molecule is OC1CCCc2c(-c3ccc(F)cc3F)cccc21. The highest BCUT2D eigenvalue weighted by Gasteiger charge is 2.21. The number of benzene rings is 2. The summed E-state index contributed by atoms with van der Waals surface area (Å²) in [6.07, 6.45) is 1.96. The van der Waals surface area contributed by atoms with E-state index in [2.05, 4.69) is 0 Å². The summed E-state index contributed by atoms with van der Waals surface area (Å²) in [6, 6.07) is 9.13. The van der Waals surface area contributed by atoms with Gasteiger partial charge >= 0.3 is 0 Å². The average molecular weight is 260 g/mol. The van der Waals surface area contributed by atoms with Crippen LogP contribution in [0.25, 0.3) is 11.1 Å². The minimum absolute atomic E-state index is 0.396. The van der Waals surface area contributed by atoms with Gasteiger partial charge in [0.25, 0.3) is 0 Å². The molecule has 1 aliphatic carbocycles. The maximum Gasteiger partial charge on any atom is 0.133 e. The summed E-state index contributed by atoms with van der Waals surface area (Å²) in [5.41, 5.74) is 3.00. The fourth-order valence-corrected chi connectivity index (χ4v) is 2.78. The monoisotopic (exact) mass is 260 g/mol. The number of hydrogen-bond donors (Lipinski definition) is 1. The summed E-state index contributed by atoms with van der Waals surface area (Å²) < 4.78 is 26.9. The summed E-state index contributed by atoms with van der Waals surface area (Å²) in [5.74, 6) is -1.14. The molecule has 0 spiro atoms. The Morgan fingerprint density at radius 1 is 1.05 bits per heavy atom. The first-order chi connectivity index (χ1) is 9.16.